The Morgan fingerprint density at radius 3 is 2.59 bits per heavy atom. The van der Waals surface area contributed by atoms with Crippen LogP contribution in [0.3, 0.4) is 0 Å². The smallest absolute Gasteiger partial charge is 0.348 e. The van der Waals surface area contributed by atoms with Gasteiger partial charge in [-0.15, -0.1) is 28.1 Å². The first kappa shape index (κ1) is 28.5. The first-order chi connectivity index (χ1) is 17.7. The fourth-order valence-corrected chi connectivity index (χ4v) is 5.33. The highest BCUT2D eigenvalue weighted by Gasteiger charge is 2.27. The van der Waals surface area contributed by atoms with Gasteiger partial charge in [0.1, 0.15) is 22.2 Å². The molecular formula is C23H22Cl2N4O6S2. The lowest BCUT2D eigenvalue weighted by Crippen LogP contribution is -2.16. The molecular weight excluding hydrogens is 563 g/mol. The first-order valence-electron chi connectivity index (χ1n) is 10.5. The molecule has 2 heterocycles. The van der Waals surface area contributed by atoms with E-state index in [0.29, 0.717) is 38.9 Å². The first-order valence-corrected chi connectivity index (χ1v) is 13.1. The number of rotatable bonds is 11. The molecule has 0 atom stereocenters. The number of carbonyl (C=O) groups excluding carboxylic acids is 3. The van der Waals surface area contributed by atoms with Crippen molar-refractivity contribution in [2.24, 2.45) is 0 Å². The summed E-state index contributed by atoms with van der Waals surface area (Å²) in [5.41, 5.74) is 0.460. The summed E-state index contributed by atoms with van der Waals surface area (Å²) < 4.78 is 17.1. The number of halogens is 2. The molecule has 3 aromatic rings. The maximum atomic E-state index is 12.7. The molecule has 0 unspecified atom stereocenters. The Bertz CT molecular complexity index is 1340. The number of aromatic nitrogens is 3. The lowest BCUT2D eigenvalue weighted by molar-refractivity contribution is -0.113. The minimum atomic E-state index is -0.679. The van der Waals surface area contributed by atoms with Gasteiger partial charge < -0.3 is 19.5 Å². The summed E-state index contributed by atoms with van der Waals surface area (Å²) in [5.74, 6) is -0.889. The highest BCUT2D eigenvalue weighted by atomic mass is 35.5. The Kier molecular flexibility index (Phi) is 9.98. The number of carbonyl (C=O) groups is 3. The average Bonchev–Trinajstić information content (AvgIpc) is 3.42. The van der Waals surface area contributed by atoms with Crippen LogP contribution in [-0.2, 0) is 27.4 Å². The van der Waals surface area contributed by atoms with E-state index in [4.69, 9.17) is 37.4 Å². The van der Waals surface area contributed by atoms with Gasteiger partial charge in [0.25, 0.3) is 0 Å². The van der Waals surface area contributed by atoms with Crippen molar-refractivity contribution in [3.63, 3.8) is 0 Å². The van der Waals surface area contributed by atoms with Crippen LogP contribution in [0, 0.1) is 6.92 Å². The zero-order chi connectivity index (χ0) is 27.1. The van der Waals surface area contributed by atoms with E-state index < -0.39 is 17.8 Å². The molecule has 0 saturated heterocycles. The van der Waals surface area contributed by atoms with Crippen molar-refractivity contribution in [1.29, 1.82) is 0 Å². The predicted molar refractivity (Wildman–Crippen MR) is 142 cm³/mol. The molecule has 0 aliphatic carbocycles. The van der Waals surface area contributed by atoms with E-state index in [1.165, 1.54) is 14.2 Å². The highest BCUT2D eigenvalue weighted by molar-refractivity contribution is 7.99. The molecule has 1 aromatic carbocycles. The predicted octanol–water partition coefficient (Wildman–Crippen LogP) is 5.02. The number of thiophene rings is 1. The largest absolute Gasteiger partial charge is 0.484 e. The van der Waals surface area contributed by atoms with Gasteiger partial charge >= 0.3 is 11.9 Å². The van der Waals surface area contributed by atoms with Gasteiger partial charge in [0, 0.05) is 17.6 Å². The molecule has 2 aromatic heterocycles. The van der Waals surface area contributed by atoms with Crippen molar-refractivity contribution in [2.75, 3.05) is 25.3 Å². The van der Waals surface area contributed by atoms with Crippen LogP contribution in [0.4, 0.5) is 5.00 Å². The number of benzene rings is 1. The van der Waals surface area contributed by atoms with Gasteiger partial charge in [-0.2, -0.15) is 0 Å². The molecule has 0 bridgehead atoms. The maximum Gasteiger partial charge on any atom is 0.348 e. The second-order valence-corrected chi connectivity index (χ2v) is 10.0. The number of allylic oxidation sites excluding steroid dienone is 1. The fraction of sp³-hybridized carbons (Fsp3) is 0.261. The van der Waals surface area contributed by atoms with E-state index in [-0.39, 0.29) is 27.8 Å². The van der Waals surface area contributed by atoms with Crippen LogP contribution in [0.5, 0.6) is 5.75 Å². The third kappa shape index (κ3) is 6.83. The summed E-state index contributed by atoms with van der Waals surface area (Å²) in [4.78, 5) is 37.3. The van der Waals surface area contributed by atoms with Gasteiger partial charge in [-0.3, -0.25) is 9.36 Å². The van der Waals surface area contributed by atoms with Gasteiger partial charge in [-0.1, -0.05) is 41.0 Å². The SMILES string of the molecule is C=CCn1c(COc2cc(Cl)ccc2Cl)nnc1SCC(=O)Nc1sc(C(=O)OC)c(C)c1C(=O)OC. The number of hydrogen-bond donors (Lipinski definition) is 1. The summed E-state index contributed by atoms with van der Waals surface area (Å²) in [6.45, 7) is 5.76. The summed E-state index contributed by atoms with van der Waals surface area (Å²) >= 11 is 14.2. The third-order valence-electron chi connectivity index (χ3n) is 4.85. The molecule has 0 aliphatic rings. The molecule has 14 heteroatoms. The molecule has 0 spiro atoms. The number of hydrogen-bond acceptors (Lipinski definition) is 10. The molecule has 0 radical (unpaired) electrons. The van der Waals surface area contributed by atoms with Crippen molar-refractivity contribution in [3.05, 3.63) is 62.7 Å². The number of ether oxygens (including phenoxy) is 3. The van der Waals surface area contributed by atoms with Gasteiger partial charge in [0.05, 0.1) is 30.6 Å². The van der Waals surface area contributed by atoms with Crippen LogP contribution in [0.2, 0.25) is 10.0 Å². The van der Waals surface area contributed by atoms with Crippen LogP contribution in [0.1, 0.15) is 31.4 Å². The normalized spacial score (nSPS) is 10.6. The summed E-state index contributed by atoms with van der Waals surface area (Å²) in [7, 11) is 2.45. The lowest BCUT2D eigenvalue weighted by Gasteiger charge is -2.10. The number of nitrogens with one attached hydrogen (secondary N) is 1. The molecule has 10 nitrogen and oxygen atoms in total. The summed E-state index contributed by atoms with van der Waals surface area (Å²) in [6.07, 6.45) is 1.66. The number of anilines is 1. The van der Waals surface area contributed by atoms with E-state index in [0.717, 1.165) is 23.1 Å². The van der Waals surface area contributed by atoms with E-state index in [1.807, 2.05) is 0 Å². The van der Waals surface area contributed by atoms with Gasteiger partial charge in [-0.25, -0.2) is 9.59 Å². The zero-order valence-electron chi connectivity index (χ0n) is 20.0. The fourth-order valence-electron chi connectivity index (χ4n) is 3.10. The van der Waals surface area contributed by atoms with Crippen molar-refractivity contribution in [2.45, 2.75) is 25.2 Å². The van der Waals surface area contributed by atoms with Crippen LogP contribution in [0.15, 0.2) is 36.0 Å². The van der Waals surface area contributed by atoms with E-state index in [9.17, 15) is 14.4 Å². The monoisotopic (exact) mass is 584 g/mol. The Labute approximate surface area is 230 Å². The van der Waals surface area contributed by atoms with Crippen molar-refractivity contribution < 1.29 is 28.6 Å². The van der Waals surface area contributed by atoms with Crippen molar-refractivity contribution >= 4 is 69.1 Å². The van der Waals surface area contributed by atoms with Gasteiger partial charge in [-0.05, 0) is 24.6 Å². The van der Waals surface area contributed by atoms with Crippen LogP contribution in [-0.4, -0.2) is 52.6 Å². The quantitative estimate of drug-likeness (QED) is 0.188. The molecule has 0 fully saturated rings. The van der Waals surface area contributed by atoms with E-state index in [2.05, 4.69) is 22.1 Å². The molecule has 196 valence electrons. The second-order valence-electron chi connectivity index (χ2n) is 7.24. The average molecular weight is 585 g/mol. The molecule has 3 rings (SSSR count). The van der Waals surface area contributed by atoms with Crippen molar-refractivity contribution in [1.82, 2.24) is 14.8 Å². The Balaban J connectivity index is 1.72. The Morgan fingerprint density at radius 2 is 1.92 bits per heavy atom. The highest BCUT2D eigenvalue weighted by Crippen LogP contribution is 2.34. The molecule has 1 N–H and O–H groups in total. The minimum absolute atomic E-state index is 0.0542. The second kappa shape index (κ2) is 13.0. The van der Waals surface area contributed by atoms with E-state index >= 15 is 0 Å². The third-order valence-corrected chi connectivity index (χ3v) is 7.55. The number of methoxy groups -OCH3 is 2. The van der Waals surface area contributed by atoms with Crippen molar-refractivity contribution in [3.8, 4) is 5.75 Å². The molecule has 0 aliphatic heterocycles. The molecule has 1 amide bonds. The molecule has 0 saturated carbocycles. The number of nitrogens with zero attached hydrogens (tertiary/aromatic N) is 3. The Hall–Kier alpha value is -3.06. The number of esters is 2. The summed E-state index contributed by atoms with van der Waals surface area (Å²) in [6, 6.07) is 4.87. The topological polar surface area (TPSA) is 122 Å². The Morgan fingerprint density at radius 1 is 1.19 bits per heavy atom. The maximum absolute atomic E-state index is 12.7. The lowest BCUT2D eigenvalue weighted by atomic mass is 10.1. The van der Waals surface area contributed by atoms with Gasteiger partial charge in [0.15, 0.2) is 11.0 Å². The van der Waals surface area contributed by atoms with Gasteiger partial charge in [0.2, 0.25) is 5.91 Å². The van der Waals surface area contributed by atoms with Crippen LogP contribution < -0.4 is 10.1 Å². The van der Waals surface area contributed by atoms with E-state index in [1.54, 1.807) is 35.8 Å². The molecule has 37 heavy (non-hydrogen) atoms. The standard InChI is InChI=1S/C23H22Cl2N4O6S2/c1-5-8-29-16(10-35-15-9-13(24)6-7-14(15)25)27-28-23(29)36-11-17(30)26-20-18(21(31)33-3)12(2)19(37-20)22(32)34-4/h5-7,9H,1,8,10-11H2,2-4H3,(H,26,30). The van der Waals surface area contributed by atoms with Crippen LogP contribution >= 0.6 is 46.3 Å². The zero-order valence-corrected chi connectivity index (χ0v) is 23.1. The van der Waals surface area contributed by atoms with Crippen LogP contribution in [0.25, 0.3) is 0 Å². The number of thioether (sulfide) groups is 1. The summed E-state index contributed by atoms with van der Waals surface area (Å²) in [5, 5.41) is 12.5. The number of amides is 1. The minimum Gasteiger partial charge on any atom is -0.484 e.